The van der Waals surface area contributed by atoms with Gasteiger partial charge in [-0.1, -0.05) is 71.4 Å². The van der Waals surface area contributed by atoms with E-state index in [9.17, 15) is 10.1 Å². The molecule has 168 valence electrons. The van der Waals surface area contributed by atoms with Crippen LogP contribution in [0, 0.1) is 10.1 Å². The van der Waals surface area contributed by atoms with Gasteiger partial charge in [0.2, 0.25) is 0 Å². The third-order valence-electron chi connectivity index (χ3n) is 4.77. The van der Waals surface area contributed by atoms with E-state index in [1.165, 1.54) is 23.9 Å². The first-order chi connectivity index (χ1) is 16.0. The summed E-state index contributed by atoms with van der Waals surface area (Å²) >= 11 is 15.8. The van der Waals surface area contributed by atoms with Crippen molar-refractivity contribution in [2.45, 2.75) is 22.4 Å². The van der Waals surface area contributed by atoms with Crippen LogP contribution in [0.1, 0.15) is 17.0 Å². The van der Waals surface area contributed by atoms with Gasteiger partial charge < -0.3 is 0 Å². The van der Waals surface area contributed by atoms with Gasteiger partial charge in [0, 0.05) is 39.4 Å². The Bertz CT molecular complexity index is 1230. The smallest absolute Gasteiger partial charge is 0.269 e. The molecular formula is C23H18Cl2N4O2S2. The van der Waals surface area contributed by atoms with Crippen LogP contribution in [0.5, 0.6) is 0 Å². The number of aromatic nitrogens is 3. The van der Waals surface area contributed by atoms with Crippen LogP contribution < -0.4 is 0 Å². The van der Waals surface area contributed by atoms with E-state index in [2.05, 4.69) is 10.2 Å². The predicted molar refractivity (Wildman–Crippen MR) is 135 cm³/mol. The third kappa shape index (κ3) is 5.89. The summed E-state index contributed by atoms with van der Waals surface area (Å²) in [6.45, 7) is 0. The van der Waals surface area contributed by atoms with E-state index in [1.807, 2.05) is 53.1 Å². The molecule has 1 heterocycles. The standard InChI is InChI=1S/C23H18Cl2N4O2S2/c24-20-7-4-8-21(25)19(20)14-32-15-22-26-27-23(28(22)17-5-2-1-3-6-17)33-13-16-9-11-18(12-10-16)29(30)31/h1-12H,13-15H2. The van der Waals surface area contributed by atoms with Crippen LogP contribution in [0.25, 0.3) is 5.69 Å². The van der Waals surface area contributed by atoms with Crippen LogP contribution in [0.4, 0.5) is 5.69 Å². The maximum Gasteiger partial charge on any atom is 0.269 e. The molecule has 0 aliphatic heterocycles. The molecule has 4 aromatic rings. The summed E-state index contributed by atoms with van der Waals surface area (Å²) in [7, 11) is 0. The average Bonchev–Trinajstić information content (AvgIpc) is 3.23. The fourth-order valence-corrected chi connectivity index (χ4v) is 5.70. The Morgan fingerprint density at radius 1 is 0.848 bits per heavy atom. The highest BCUT2D eigenvalue weighted by Crippen LogP contribution is 2.31. The first kappa shape index (κ1) is 23.6. The van der Waals surface area contributed by atoms with Crippen molar-refractivity contribution in [3.63, 3.8) is 0 Å². The molecular weight excluding hydrogens is 499 g/mol. The van der Waals surface area contributed by atoms with Gasteiger partial charge in [-0.3, -0.25) is 14.7 Å². The lowest BCUT2D eigenvalue weighted by atomic mass is 10.2. The lowest BCUT2D eigenvalue weighted by molar-refractivity contribution is -0.384. The molecule has 0 unspecified atom stereocenters. The zero-order chi connectivity index (χ0) is 23.2. The maximum atomic E-state index is 10.9. The molecule has 0 radical (unpaired) electrons. The van der Waals surface area contributed by atoms with Gasteiger partial charge in [0.25, 0.3) is 5.69 Å². The van der Waals surface area contributed by atoms with Crippen molar-refractivity contribution in [2.24, 2.45) is 0 Å². The number of nitrogens with zero attached hydrogens (tertiary/aromatic N) is 4. The molecule has 0 atom stereocenters. The van der Waals surface area contributed by atoms with Gasteiger partial charge in [-0.2, -0.15) is 0 Å². The summed E-state index contributed by atoms with van der Waals surface area (Å²) in [6, 6.07) is 22.0. The van der Waals surface area contributed by atoms with E-state index in [0.717, 1.165) is 27.8 Å². The molecule has 0 amide bonds. The number of halogens is 2. The number of non-ortho nitro benzene ring substituents is 1. The summed E-state index contributed by atoms with van der Waals surface area (Å²) in [6.07, 6.45) is 0. The second kappa shape index (κ2) is 11.1. The second-order valence-corrected chi connectivity index (χ2v) is 9.72. The fraction of sp³-hybridized carbons (Fsp3) is 0.130. The monoisotopic (exact) mass is 516 g/mol. The van der Waals surface area contributed by atoms with Gasteiger partial charge >= 0.3 is 0 Å². The highest BCUT2D eigenvalue weighted by molar-refractivity contribution is 7.98. The molecule has 0 N–H and O–H groups in total. The van der Waals surface area contributed by atoms with Gasteiger partial charge in [-0.05, 0) is 35.4 Å². The van der Waals surface area contributed by atoms with Gasteiger partial charge in [0.1, 0.15) is 5.82 Å². The minimum absolute atomic E-state index is 0.0779. The molecule has 0 saturated heterocycles. The highest BCUT2D eigenvalue weighted by Gasteiger charge is 2.16. The van der Waals surface area contributed by atoms with Crippen molar-refractivity contribution >= 4 is 52.4 Å². The van der Waals surface area contributed by atoms with Crippen molar-refractivity contribution in [3.8, 4) is 5.69 Å². The largest absolute Gasteiger partial charge is 0.273 e. The zero-order valence-corrected chi connectivity index (χ0v) is 20.4. The summed E-state index contributed by atoms with van der Waals surface area (Å²) in [4.78, 5) is 10.5. The molecule has 0 aliphatic rings. The number of benzene rings is 3. The Morgan fingerprint density at radius 3 is 2.21 bits per heavy atom. The Labute approximate surface area is 209 Å². The predicted octanol–water partition coefficient (Wildman–Crippen LogP) is 7.21. The highest BCUT2D eigenvalue weighted by atomic mass is 35.5. The maximum absolute atomic E-state index is 10.9. The summed E-state index contributed by atoms with van der Waals surface area (Å²) < 4.78 is 2.04. The normalized spacial score (nSPS) is 11.0. The summed E-state index contributed by atoms with van der Waals surface area (Å²) in [5, 5.41) is 21.8. The number of rotatable bonds is 9. The first-order valence-corrected chi connectivity index (χ1v) is 12.8. The Balaban J connectivity index is 1.51. The Kier molecular flexibility index (Phi) is 7.93. The molecule has 10 heteroatoms. The van der Waals surface area contributed by atoms with Gasteiger partial charge in [0.05, 0.1) is 10.7 Å². The third-order valence-corrected chi connectivity index (χ3v) is 7.43. The van der Waals surface area contributed by atoms with Crippen molar-refractivity contribution < 1.29 is 4.92 Å². The molecule has 6 nitrogen and oxygen atoms in total. The van der Waals surface area contributed by atoms with E-state index in [4.69, 9.17) is 23.2 Å². The van der Waals surface area contributed by atoms with Crippen LogP contribution in [-0.4, -0.2) is 19.7 Å². The lowest BCUT2D eigenvalue weighted by Crippen LogP contribution is -2.02. The SMILES string of the molecule is O=[N+]([O-])c1ccc(CSc2nnc(CSCc3c(Cl)cccc3Cl)n2-c2ccccc2)cc1. The topological polar surface area (TPSA) is 73.8 Å². The molecule has 0 saturated carbocycles. The number of hydrogen-bond donors (Lipinski definition) is 0. The van der Waals surface area contributed by atoms with Crippen molar-refractivity contribution in [2.75, 3.05) is 0 Å². The van der Waals surface area contributed by atoms with Gasteiger partial charge in [-0.15, -0.1) is 22.0 Å². The van der Waals surface area contributed by atoms with E-state index < -0.39 is 4.92 Å². The number of para-hydroxylation sites is 1. The average molecular weight is 517 g/mol. The van der Waals surface area contributed by atoms with Crippen LogP contribution >= 0.6 is 46.7 Å². The molecule has 0 bridgehead atoms. The Hall–Kier alpha value is -2.52. The van der Waals surface area contributed by atoms with Crippen molar-refractivity contribution in [3.05, 3.63) is 110 Å². The summed E-state index contributed by atoms with van der Waals surface area (Å²) in [5.41, 5.74) is 2.93. The fourth-order valence-electron chi connectivity index (χ4n) is 3.10. The van der Waals surface area contributed by atoms with Crippen LogP contribution in [0.2, 0.25) is 10.0 Å². The van der Waals surface area contributed by atoms with Crippen LogP contribution in [0.3, 0.4) is 0 Å². The number of nitro groups is 1. The zero-order valence-electron chi connectivity index (χ0n) is 17.2. The number of thioether (sulfide) groups is 2. The molecule has 1 aromatic heterocycles. The molecule has 33 heavy (non-hydrogen) atoms. The molecule has 3 aromatic carbocycles. The minimum atomic E-state index is -0.400. The van der Waals surface area contributed by atoms with E-state index in [1.54, 1.807) is 23.9 Å². The van der Waals surface area contributed by atoms with Crippen molar-refractivity contribution in [1.82, 2.24) is 14.8 Å². The van der Waals surface area contributed by atoms with E-state index in [-0.39, 0.29) is 5.69 Å². The van der Waals surface area contributed by atoms with Gasteiger partial charge in [0.15, 0.2) is 5.16 Å². The molecule has 4 rings (SSSR count). The van der Waals surface area contributed by atoms with Crippen molar-refractivity contribution in [1.29, 1.82) is 0 Å². The second-order valence-electron chi connectivity index (χ2n) is 6.98. The number of nitro benzene ring substituents is 1. The molecule has 0 fully saturated rings. The summed E-state index contributed by atoms with van der Waals surface area (Å²) in [5.74, 6) is 2.72. The van der Waals surface area contributed by atoms with E-state index in [0.29, 0.717) is 27.3 Å². The molecule has 0 aliphatic carbocycles. The van der Waals surface area contributed by atoms with Crippen LogP contribution in [-0.2, 0) is 17.3 Å². The van der Waals surface area contributed by atoms with Crippen LogP contribution in [0.15, 0.2) is 78.0 Å². The molecule has 0 spiro atoms. The number of hydrogen-bond acceptors (Lipinski definition) is 6. The Morgan fingerprint density at radius 2 is 1.55 bits per heavy atom. The first-order valence-electron chi connectivity index (χ1n) is 9.89. The quantitative estimate of drug-likeness (QED) is 0.133. The van der Waals surface area contributed by atoms with E-state index >= 15 is 0 Å². The van der Waals surface area contributed by atoms with Gasteiger partial charge in [-0.25, -0.2) is 0 Å². The minimum Gasteiger partial charge on any atom is -0.273 e. The lowest BCUT2D eigenvalue weighted by Gasteiger charge is -2.11.